The topological polar surface area (TPSA) is 129 Å². The van der Waals surface area contributed by atoms with Gasteiger partial charge >= 0.3 is 0 Å². The van der Waals surface area contributed by atoms with E-state index in [-0.39, 0.29) is 18.3 Å². The van der Waals surface area contributed by atoms with E-state index in [9.17, 15) is 9.59 Å². The summed E-state index contributed by atoms with van der Waals surface area (Å²) in [5, 5.41) is 12.4. The van der Waals surface area contributed by atoms with Gasteiger partial charge in [-0.3, -0.25) is 14.6 Å². The average Bonchev–Trinajstić information content (AvgIpc) is 3.47. The molecule has 0 atom stereocenters. The summed E-state index contributed by atoms with van der Waals surface area (Å²) >= 11 is 6.14. The van der Waals surface area contributed by atoms with Crippen molar-refractivity contribution < 1.29 is 14.3 Å². The van der Waals surface area contributed by atoms with Crippen molar-refractivity contribution in [3.8, 4) is 23.1 Å². The van der Waals surface area contributed by atoms with E-state index in [0.29, 0.717) is 44.8 Å². The number of hydrogen-bond donors (Lipinski definition) is 2. The number of nitrogens with zero attached hydrogens (tertiary/aromatic N) is 5. The van der Waals surface area contributed by atoms with E-state index < -0.39 is 5.56 Å². The molecule has 11 nitrogen and oxygen atoms in total. The van der Waals surface area contributed by atoms with Crippen LogP contribution in [0.1, 0.15) is 11.3 Å². The van der Waals surface area contributed by atoms with Gasteiger partial charge in [0.25, 0.3) is 5.56 Å². The average molecular weight is 520 g/mol. The van der Waals surface area contributed by atoms with Crippen molar-refractivity contribution >= 4 is 34.4 Å². The van der Waals surface area contributed by atoms with Gasteiger partial charge in [-0.15, -0.1) is 0 Å². The van der Waals surface area contributed by atoms with Crippen LogP contribution in [0.4, 0.5) is 5.82 Å². The number of H-pyrrole nitrogens is 1. The molecular formula is C25H22ClN7O4. The number of ether oxygens (including phenoxy) is 2. The van der Waals surface area contributed by atoms with Crippen LogP contribution in [0.25, 0.3) is 22.7 Å². The smallest absolute Gasteiger partial charge is 0.263 e. The van der Waals surface area contributed by atoms with Crippen molar-refractivity contribution in [2.45, 2.75) is 13.3 Å². The van der Waals surface area contributed by atoms with Crippen LogP contribution in [-0.4, -0.2) is 49.7 Å². The summed E-state index contributed by atoms with van der Waals surface area (Å²) < 4.78 is 13.5. The molecule has 12 heteroatoms. The number of aryl methyl sites for hydroxylation is 1. The first-order chi connectivity index (χ1) is 17.9. The van der Waals surface area contributed by atoms with E-state index in [2.05, 4.69) is 25.5 Å². The Labute approximate surface area is 215 Å². The SMILES string of the molecule is COc1ccc(CC(=O)Nc2cc(C)nn2-c2nc3c(cnn3-c3cccc(Cl)c3)c(=O)[nH]2)cc1OC. The minimum Gasteiger partial charge on any atom is -0.493 e. The number of benzene rings is 2. The van der Waals surface area contributed by atoms with Crippen LogP contribution in [-0.2, 0) is 11.2 Å². The molecule has 3 heterocycles. The molecule has 188 valence electrons. The first-order valence-electron chi connectivity index (χ1n) is 11.2. The lowest BCUT2D eigenvalue weighted by Gasteiger charge is -2.11. The van der Waals surface area contributed by atoms with E-state index in [4.69, 9.17) is 21.1 Å². The van der Waals surface area contributed by atoms with E-state index in [1.807, 2.05) is 0 Å². The number of nitrogens with one attached hydrogen (secondary N) is 2. The summed E-state index contributed by atoms with van der Waals surface area (Å²) in [7, 11) is 3.08. The zero-order valence-electron chi connectivity index (χ0n) is 20.2. The van der Waals surface area contributed by atoms with Crippen LogP contribution in [0.5, 0.6) is 11.5 Å². The molecule has 0 bridgehead atoms. The van der Waals surface area contributed by atoms with E-state index >= 15 is 0 Å². The Morgan fingerprint density at radius 3 is 2.65 bits per heavy atom. The predicted molar refractivity (Wildman–Crippen MR) is 138 cm³/mol. The Bertz CT molecular complexity index is 1690. The third-order valence-corrected chi connectivity index (χ3v) is 5.83. The van der Waals surface area contributed by atoms with Gasteiger partial charge in [0.05, 0.1) is 38.2 Å². The fraction of sp³-hybridized carbons (Fsp3) is 0.160. The molecule has 0 aliphatic heterocycles. The summed E-state index contributed by atoms with van der Waals surface area (Å²) in [6, 6.07) is 14.0. The fourth-order valence-electron chi connectivity index (χ4n) is 3.92. The number of halogens is 1. The molecule has 5 rings (SSSR count). The monoisotopic (exact) mass is 519 g/mol. The van der Waals surface area contributed by atoms with Crippen LogP contribution < -0.4 is 20.3 Å². The van der Waals surface area contributed by atoms with Crippen molar-refractivity contribution in [2.75, 3.05) is 19.5 Å². The van der Waals surface area contributed by atoms with Crippen molar-refractivity contribution in [1.82, 2.24) is 29.5 Å². The number of aromatic nitrogens is 6. The number of methoxy groups -OCH3 is 2. The van der Waals surface area contributed by atoms with Crippen LogP contribution in [0.3, 0.4) is 0 Å². The summed E-state index contributed by atoms with van der Waals surface area (Å²) in [6.45, 7) is 1.77. The number of aromatic amines is 1. The largest absolute Gasteiger partial charge is 0.493 e. The number of rotatable bonds is 7. The van der Waals surface area contributed by atoms with Crippen molar-refractivity contribution in [3.05, 3.63) is 81.4 Å². The highest BCUT2D eigenvalue weighted by Gasteiger charge is 2.17. The van der Waals surface area contributed by atoms with Gasteiger partial charge in [0.15, 0.2) is 17.1 Å². The van der Waals surface area contributed by atoms with Gasteiger partial charge in [0, 0.05) is 11.1 Å². The molecule has 1 amide bonds. The normalized spacial score (nSPS) is 11.0. The van der Waals surface area contributed by atoms with Crippen LogP contribution in [0, 0.1) is 6.92 Å². The molecular weight excluding hydrogens is 498 g/mol. The first kappa shape index (κ1) is 24.1. The number of hydrogen-bond acceptors (Lipinski definition) is 7. The molecule has 2 aromatic carbocycles. The number of carbonyl (C=O) groups excluding carboxylic acids is 1. The highest BCUT2D eigenvalue weighted by Crippen LogP contribution is 2.28. The standard InChI is InChI=1S/C25H22ClN7O4/c1-14-9-21(28-22(34)11-15-7-8-19(36-2)20(10-15)37-3)33(31-14)25-29-23-18(24(35)30-25)13-27-32(23)17-6-4-5-16(26)12-17/h4-10,12-13H,11H2,1-3H3,(H,28,34)(H,29,30,35). The molecule has 37 heavy (non-hydrogen) atoms. The van der Waals surface area contributed by atoms with Crippen molar-refractivity contribution in [1.29, 1.82) is 0 Å². The minimum absolute atomic E-state index is 0.0785. The van der Waals surface area contributed by atoms with E-state index in [0.717, 1.165) is 5.56 Å². The fourth-order valence-corrected chi connectivity index (χ4v) is 4.10. The molecule has 3 aromatic heterocycles. The summed E-state index contributed by atoms with van der Waals surface area (Å²) in [5.74, 6) is 1.28. The second kappa shape index (κ2) is 9.78. The zero-order valence-corrected chi connectivity index (χ0v) is 20.9. The molecule has 0 aliphatic carbocycles. The molecule has 0 unspecified atom stereocenters. The van der Waals surface area contributed by atoms with Gasteiger partial charge < -0.3 is 14.8 Å². The molecule has 0 radical (unpaired) electrons. The predicted octanol–water partition coefficient (Wildman–Crippen LogP) is 3.45. The van der Waals surface area contributed by atoms with Crippen LogP contribution in [0.15, 0.2) is 59.5 Å². The summed E-state index contributed by atoms with van der Waals surface area (Å²) in [6.07, 6.45) is 1.51. The Morgan fingerprint density at radius 2 is 1.89 bits per heavy atom. The Hall–Kier alpha value is -4.64. The molecule has 2 N–H and O–H groups in total. The van der Waals surface area contributed by atoms with Crippen LogP contribution >= 0.6 is 11.6 Å². The lowest BCUT2D eigenvalue weighted by molar-refractivity contribution is -0.115. The lowest BCUT2D eigenvalue weighted by Crippen LogP contribution is -2.20. The Morgan fingerprint density at radius 1 is 1.08 bits per heavy atom. The number of carbonyl (C=O) groups is 1. The number of amides is 1. The highest BCUT2D eigenvalue weighted by atomic mass is 35.5. The molecule has 0 aliphatic rings. The minimum atomic E-state index is -0.399. The third-order valence-electron chi connectivity index (χ3n) is 5.59. The van der Waals surface area contributed by atoms with Gasteiger partial charge in [-0.2, -0.15) is 19.9 Å². The third kappa shape index (κ3) is 4.76. The van der Waals surface area contributed by atoms with E-state index in [1.54, 1.807) is 62.6 Å². The van der Waals surface area contributed by atoms with E-state index in [1.165, 1.54) is 22.7 Å². The Kier molecular flexibility index (Phi) is 6.36. The molecule has 0 saturated carbocycles. The maximum Gasteiger partial charge on any atom is 0.263 e. The van der Waals surface area contributed by atoms with Crippen LogP contribution in [0.2, 0.25) is 5.02 Å². The maximum atomic E-state index is 12.9. The number of fused-ring (bicyclic) bond motifs is 1. The highest BCUT2D eigenvalue weighted by molar-refractivity contribution is 6.30. The lowest BCUT2D eigenvalue weighted by atomic mass is 10.1. The molecule has 5 aromatic rings. The molecule has 0 spiro atoms. The van der Waals surface area contributed by atoms with Crippen molar-refractivity contribution in [2.24, 2.45) is 0 Å². The van der Waals surface area contributed by atoms with Gasteiger partial charge in [0.2, 0.25) is 11.9 Å². The Balaban J connectivity index is 1.48. The molecule has 0 saturated heterocycles. The van der Waals surface area contributed by atoms with Gasteiger partial charge in [-0.05, 0) is 42.8 Å². The zero-order chi connectivity index (χ0) is 26.1. The van der Waals surface area contributed by atoms with Crippen molar-refractivity contribution in [3.63, 3.8) is 0 Å². The second-order valence-corrected chi connectivity index (χ2v) is 8.60. The molecule has 0 fully saturated rings. The summed E-state index contributed by atoms with van der Waals surface area (Å²) in [4.78, 5) is 33.1. The summed E-state index contributed by atoms with van der Waals surface area (Å²) in [5.41, 5.74) is 1.91. The van der Waals surface area contributed by atoms with Gasteiger partial charge in [-0.25, -0.2) is 4.68 Å². The van der Waals surface area contributed by atoms with Gasteiger partial charge in [-0.1, -0.05) is 23.7 Å². The van der Waals surface area contributed by atoms with Gasteiger partial charge in [0.1, 0.15) is 11.2 Å². The second-order valence-electron chi connectivity index (χ2n) is 8.16. The number of anilines is 1. The first-order valence-corrected chi connectivity index (χ1v) is 11.6. The quantitative estimate of drug-likeness (QED) is 0.337. The maximum absolute atomic E-state index is 12.9.